The lowest BCUT2D eigenvalue weighted by Crippen LogP contribution is -2.23. The number of nitrogens with one attached hydrogen (secondary N) is 1. The smallest absolute Gasteiger partial charge is 0.259 e. The molecule has 2 heterocycles. The van der Waals surface area contributed by atoms with Crippen LogP contribution >= 0.6 is 11.6 Å². The van der Waals surface area contributed by atoms with E-state index in [1.807, 2.05) is 71.6 Å². The highest BCUT2D eigenvalue weighted by atomic mass is 35.5. The summed E-state index contributed by atoms with van der Waals surface area (Å²) in [6.07, 6.45) is 3.28. The first kappa shape index (κ1) is 22.9. The van der Waals surface area contributed by atoms with Crippen molar-refractivity contribution < 1.29 is 9.59 Å². The molecule has 3 aromatic carbocycles. The van der Waals surface area contributed by atoms with Gasteiger partial charge in [0, 0.05) is 42.0 Å². The number of likely N-dealkylation sites (tertiary alicyclic amines) is 1. The van der Waals surface area contributed by atoms with Crippen molar-refractivity contribution >= 4 is 29.1 Å². The first-order chi connectivity index (χ1) is 17.0. The van der Waals surface area contributed by atoms with Gasteiger partial charge in [0.1, 0.15) is 5.69 Å². The summed E-state index contributed by atoms with van der Waals surface area (Å²) in [7, 11) is 0. The van der Waals surface area contributed by atoms with Gasteiger partial charge < -0.3 is 10.2 Å². The molecule has 1 N–H and O–H groups in total. The number of carbonyl (C=O) groups excluding carboxylic acids is 2. The van der Waals surface area contributed by atoms with Crippen molar-refractivity contribution in [1.82, 2.24) is 14.7 Å². The number of rotatable bonds is 7. The van der Waals surface area contributed by atoms with Crippen LogP contribution in [0, 0.1) is 0 Å². The van der Waals surface area contributed by atoms with Crippen LogP contribution in [-0.4, -0.2) is 33.0 Å². The summed E-state index contributed by atoms with van der Waals surface area (Å²) in [6, 6.07) is 24.9. The Morgan fingerprint density at radius 2 is 1.71 bits per heavy atom. The number of aromatic nitrogens is 2. The number of nitrogens with zero attached hydrogens (tertiary/aromatic N) is 3. The van der Waals surface area contributed by atoms with Gasteiger partial charge in [0.05, 0.1) is 12.1 Å². The van der Waals surface area contributed by atoms with Crippen LogP contribution in [0.3, 0.4) is 0 Å². The summed E-state index contributed by atoms with van der Waals surface area (Å²) in [6.45, 7) is 1.88. The Morgan fingerprint density at radius 3 is 2.46 bits per heavy atom. The first-order valence-electron chi connectivity index (χ1n) is 11.6. The van der Waals surface area contributed by atoms with Crippen LogP contribution in [0.1, 0.15) is 34.3 Å². The average Bonchev–Trinajstić information content (AvgIpc) is 3.47. The Hall–Kier alpha value is -3.90. The van der Waals surface area contributed by atoms with Crippen molar-refractivity contribution in [2.75, 3.05) is 11.9 Å². The number of halogens is 1. The molecule has 6 nitrogen and oxygen atoms in total. The molecule has 0 saturated carbocycles. The van der Waals surface area contributed by atoms with Gasteiger partial charge in [-0.05, 0) is 41.8 Å². The molecular weight excluding hydrogens is 460 g/mol. The Kier molecular flexibility index (Phi) is 6.64. The third kappa shape index (κ3) is 5.44. The Balaban J connectivity index is 1.40. The summed E-state index contributed by atoms with van der Waals surface area (Å²) >= 11 is 6.08. The second-order valence-corrected chi connectivity index (χ2v) is 9.09. The van der Waals surface area contributed by atoms with E-state index >= 15 is 0 Å². The fourth-order valence-electron chi connectivity index (χ4n) is 4.30. The van der Waals surface area contributed by atoms with E-state index in [9.17, 15) is 9.59 Å². The van der Waals surface area contributed by atoms with Crippen molar-refractivity contribution in [2.24, 2.45) is 0 Å². The van der Waals surface area contributed by atoms with E-state index in [-0.39, 0.29) is 11.8 Å². The Bertz CT molecular complexity index is 1350. The molecule has 7 heteroatoms. The second kappa shape index (κ2) is 10.2. The quantitative estimate of drug-likeness (QED) is 0.370. The molecule has 0 spiro atoms. The van der Waals surface area contributed by atoms with Gasteiger partial charge in [-0.1, -0.05) is 66.2 Å². The van der Waals surface area contributed by atoms with Crippen LogP contribution in [0.4, 0.5) is 5.69 Å². The highest BCUT2D eigenvalue weighted by molar-refractivity contribution is 6.30. The summed E-state index contributed by atoms with van der Waals surface area (Å²) in [5, 5.41) is 8.36. The fraction of sp³-hybridized carbons (Fsp3) is 0.179. The molecule has 1 fully saturated rings. The molecule has 35 heavy (non-hydrogen) atoms. The normalized spacial score (nSPS) is 13.3. The SMILES string of the molecule is O=C(Nc1cccc(CN2CCCC2=O)c1)c1cn(Cc2ccccc2)nc1-c1ccc(Cl)cc1. The van der Waals surface area contributed by atoms with Crippen LogP contribution in [0.5, 0.6) is 0 Å². The zero-order valence-corrected chi connectivity index (χ0v) is 19.9. The number of carbonyl (C=O) groups is 2. The van der Waals surface area contributed by atoms with Gasteiger partial charge in [-0.3, -0.25) is 14.3 Å². The molecule has 0 radical (unpaired) electrons. The van der Waals surface area contributed by atoms with E-state index in [1.54, 1.807) is 23.0 Å². The topological polar surface area (TPSA) is 67.2 Å². The minimum Gasteiger partial charge on any atom is -0.338 e. The third-order valence-electron chi connectivity index (χ3n) is 6.04. The van der Waals surface area contributed by atoms with E-state index < -0.39 is 0 Å². The van der Waals surface area contributed by atoms with Crippen LogP contribution in [0.15, 0.2) is 85.1 Å². The lowest BCUT2D eigenvalue weighted by molar-refractivity contribution is -0.128. The molecule has 1 aromatic heterocycles. The molecule has 0 unspecified atom stereocenters. The maximum absolute atomic E-state index is 13.4. The molecule has 4 aromatic rings. The lowest BCUT2D eigenvalue weighted by atomic mass is 10.1. The number of amides is 2. The fourth-order valence-corrected chi connectivity index (χ4v) is 4.42. The van der Waals surface area contributed by atoms with Crippen molar-refractivity contribution in [1.29, 1.82) is 0 Å². The molecule has 1 saturated heterocycles. The maximum atomic E-state index is 13.4. The first-order valence-corrected chi connectivity index (χ1v) is 12.0. The molecule has 0 atom stereocenters. The van der Waals surface area contributed by atoms with Crippen LogP contribution < -0.4 is 5.32 Å². The van der Waals surface area contributed by atoms with E-state index in [2.05, 4.69) is 5.32 Å². The Morgan fingerprint density at radius 1 is 0.943 bits per heavy atom. The van der Waals surface area contributed by atoms with Crippen LogP contribution in [0.2, 0.25) is 5.02 Å². The lowest BCUT2D eigenvalue weighted by Gasteiger charge is -2.16. The molecule has 0 bridgehead atoms. The molecule has 0 aliphatic carbocycles. The Labute approximate surface area is 209 Å². The molecular formula is C28H25ClN4O2. The zero-order valence-electron chi connectivity index (χ0n) is 19.2. The van der Waals surface area contributed by atoms with Crippen molar-refractivity contribution in [3.63, 3.8) is 0 Å². The van der Waals surface area contributed by atoms with Gasteiger partial charge in [0.25, 0.3) is 5.91 Å². The minimum atomic E-state index is -0.247. The van der Waals surface area contributed by atoms with E-state index in [4.69, 9.17) is 16.7 Å². The van der Waals surface area contributed by atoms with Gasteiger partial charge in [-0.25, -0.2) is 0 Å². The number of hydrogen-bond acceptors (Lipinski definition) is 3. The third-order valence-corrected chi connectivity index (χ3v) is 6.29. The molecule has 2 amide bonds. The maximum Gasteiger partial charge on any atom is 0.259 e. The van der Waals surface area contributed by atoms with E-state index in [0.29, 0.717) is 41.5 Å². The zero-order chi connectivity index (χ0) is 24.2. The summed E-state index contributed by atoms with van der Waals surface area (Å²) in [5.41, 5.74) is 4.63. The number of benzene rings is 3. The minimum absolute atomic E-state index is 0.179. The number of hydrogen-bond donors (Lipinski definition) is 1. The highest BCUT2D eigenvalue weighted by Crippen LogP contribution is 2.26. The second-order valence-electron chi connectivity index (χ2n) is 8.65. The van der Waals surface area contributed by atoms with E-state index in [1.165, 1.54) is 0 Å². The summed E-state index contributed by atoms with van der Waals surface area (Å²) < 4.78 is 1.78. The van der Waals surface area contributed by atoms with Gasteiger partial charge in [0.15, 0.2) is 0 Å². The molecule has 176 valence electrons. The molecule has 1 aliphatic heterocycles. The predicted molar refractivity (Wildman–Crippen MR) is 137 cm³/mol. The average molecular weight is 485 g/mol. The van der Waals surface area contributed by atoms with Gasteiger partial charge in [0.2, 0.25) is 5.91 Å². The molecule has 5 rings (SSSR count). The van der Waals surface area contributed by atoms with Gasteiger partial charge >= 0.3 is 0 Å². The van der Waals surface area contributed by atoms with Gasteiger partial charge in [-0.2, -0.15) is 5.10 Å². The summed E-state index contributed by atoms with van der Waals surface area (Å²) in [4.78, 5) is 27.2. The molecule has 1 aliphatic rings. The largest absolute Gasteiger partial charge is 0.338 e. The van der Waals surface area contributed by atoms with E-state index in [0.717, 1.165) is 29.7 Å². The monoisotopic (exact) mass is 484 g/mol. The van der Waals surface area contributed by atoms with Gasteiger partial charge in [-0.15, -0.1) is 0 Å². The number of anilines is 1. The van der Waals surface area contributed by atoms with Crippen molar-refractivity contribution in [2.45, 2.75) is 25.9 Å². The van der Waals surface area contributed by atoms with Crippen molar-refractivity contribution in [3.8, 4) is 11.3 Å². The van der Waals surface area contributed by atoms with Crippen molar-refractivity contribution in [3.05, 3.63) is 107 Å². The summed E-state index contributed by atoms with van der Waals surface area (Å²) in [5.74, 6) is -0.0680. The van der Waals surface area contributed by atoms with Crippen LogP contribution in [-0.2, 0) is 17.9 Å². The standard InChI is InChI=1S/C28H25ClN4O2/c29-23-13-11-22(12-14-23)27-25(19-33(31-27)18-20-6-2-1-3-7-20)28(35)30-24-9-4-8-21(16-24)17-32-15-5-10-26(32)34/h1-4,6-9,11-14,16,19H,5,10,15,17-18H2,(H,30,35). The predicted octanol–water partition coefficient (Wildman–Crippen LogP) is 5.63. The van der Waals surface area contributed by atoms with Crippen LogP contribution in [0.25, 0.3) is 11.3 Å². The highest BCUT2D eigenvalue weighted by Gasteiger charge is 2.21.